The number of carbonyl (C=O) groups is 3. The Balaban J connectivity index is 1.34. The first kappa shape index (κ1) is 26.3. The maximum absolute atomic E-state index is 12.8. The Morgan fingerprint density at radius 2 is 1.86 bits per heavy atom. The minimum atomic E-state index is -0.562. The van der Waals surface area contributed by atoms with Crippen molar-refractivity contribution in [1.82, 2.24) is 24.8 Å². The van der Waals surface area contributed by atoms with Gasteiger partial charge in [-0.25, -0.2) is 4.98 Å². The van der Waals surface area contributed by atoms with Gasteiger partial charge in [0, 0.05) is 48.4 Å². The number of carbonyl (C=O) groups excluding carboxylic acids is 3. The van der Waals surface area contributed by atoms with Gasteiger partial charge in [-0.1, -0.05) is 19.4 Å². The standard InChI is InChI=1S/C26H34N6O5/c1-16-12-21(33)32(19-6-4-5-7-19)24-20(16)14-28-26(30-24)29-18-8-10-31(11-9-18)22(34)15-27-25(36)17(2)13-23(35)37-3/h12,14,18-19H,2,4-11,13,15H2,1,3H3,(H,27,36)(H,28,29,30). The van der Waals surface area contributed by atoms with Gasteiger partial charge in [-0.05, 0) is 38.2 Å². The fourth-order valence-corrected chi connectivity index (χ4v) is 5.03. The van der Waals surface area contributed by atoms with Crippen LogP contribution in [0.1, 0.15) is 56.6 Å². The Labute approximate surface area is 215 Å². The zero-order chi connectivity index (χ0) is 26.5. The number of likely N-dealkylation sites (tertiary alicyclic amines) is 1. The lowest BCUT2D eigenvalue weighted by Crippen LogP contribution is -2.46. The molecule has 1 saturated heterocycles. The number of pyridine rings is 1. The van der Waals surface area contributed by atoms with E-state index in [4.69, 9.17) is 4.98 Å². The third kappa shape index (κ3) is 6.15. The van der Waals surface area contributed by atoms with Gasteiger partial charge in [0.2, 0.25) is 17.8 Å². The molecule has 2 aromatic heterocycles. The van der Waals surface area contributed by atoms with Crippen molar-refractivity contribution < 1.29 is 19.1 Å². The first-order chi connectivity index (χ1) is 17.8. The van der Waals surface area contributed by atoms with Gasteiger partial charge in [-0.3, -0.25) is 23.7 Å². The van der Waals surface area contributed by atoms with Crippen molar-refractivity contribution in [2.75, 3.05) is 32.1 Å². The van der Waals surface area contributed by atoms with E-state index < -0.39 is 11.9 Å². The van der Waals surface area contributed by atoms with Crippen LogP contribution in [0, 0.1) is 6.92 Å². The maximum Gasteiger partial charge on any atom is 0.310 e. The summed E-state index contributed by atoms with van der Waals surface area (Å²) in [4.78, 5) is 59.7. The van der Waals surface area contributed by atoms with E-state index in [1.54, 1.807) is 17.2 Å². The Bertz CT molecular complexity index is 1260. The number of esters is 1. The minimum absolute atomic E-state index is 0.0191. The van der Waals surface area contributed by atoms with Gasteiger partial charge < -0.3 is 20.3 Å². The van der Waals surface area contributed by atoms with Crippen LogP contribution in [0.5, 0.6) is 0 Å². The van der Waals surface area contributed by atoms with E-state index in [-0.39, 0.29) is 42.1 Å². The average Bonchev–Trinajstić information content (AvgIpc) is 3.41. The monoisotopic (exact) mass is 510 g/mol. The van der Waals surface area contributed by atoms with Gasteiger partial charge in [0.05, 0.1) is 20.1 Å². The van der Waals surface area contributed by atoms with E-state index >= 15 is 0 Å². The first-order valence-electron chi connectivity index (χ1n) is 12.7. The van der Waals surface area contributed by atoms with Crippen molar-refractivity contribution in [3.8, 4) is 0 Å². The summed E-state index contributed by atoms with van der Waals surface area (Å²) in [6, 6.07) is 1.92. The Kier molecular flexibility index (Phi) is 8.20. The number of methoxy groups -OCH3 is 1. The lowest BCUT2D eigenvalue weighted by Gasteiger charge is -2.32. The Hall–Kier alpha value is -3.76. The molecule has 198 valence electrons. The maximum atomic E-state index is 12.8. The van der Waals surface area contributed by atoms with Crippen molar-refractivity contribution in [3.63, 3.8) is 0 Å². The highest BCUT2D eigenvalue weighted by molar-refractivity contribution is 5.98. The van der Waals surface area contributed by atoms with Crippen LogP contribution in [-0.2, 0) is 19.1 Å². The van der Waals surface area contributed by atoms with Crippen LogP contribution in [0.3, 0.4) is 0 Å². The van der Waals surface area contributed by atoms with E-state index in [0.29, 0.717) is 37.5 Å². The van der Waals surface area contributed by atoms with Crippen molar-refractivity contribution in [2.24, 2.45) is 0 Å². The number of aromatic nitrogens is 3. The largest absolute Gasteiger partial charge is 0.469 e. The number of fused-ring (bicyclic) bond motifs is 1. The number of hydrogen-bond acceptors (Lipinski definition) is 8. The average molecular weight is 511 g/mol. The molecule has 0 radical (unpaired) electrons. The second-order valence-corrected chi connectivity index (χ2v) is 9.74. The summed E-state index contributed by atoms with van der Waals surface area (Å²) < 4.78 is 6.35. The molecule has 2 fully saturated rings. The SMILES string of the molecule is C=C(CC(=O)OC)C(=O)NCC(=O)N1CCC(Nc2ncc3c(C)cc(=O)n(C4CCCC4)c3n2)CC1. The number of aryl methyl sites for hydroxylation is 1. The van der Waals surface area contributed by atoms with Crippen LogP contribution in [0.15, 0.2) is 29.2 Å². The molecule has 0 atom stereocenters. The smallest absolute Gasteiger partial charge is 0.310 e. The molecule has 2 N–H and O–H groups in total. The zero-order valence-electron chi connectivity index (χ0n) is 21.4. The molecule has 11 nitrogen and oxygen atoms in total. The van der Waals surface area contributed by atoms with Crippen molar-refractivity contribution in [2.45, 2.75) is 64.0 Å². The fraction of sp³-hybridized carbons (Fsp3) is 0.538. The molecule has 1 aliphatic heterocycles. The molecule has 3 heterocycles. The van der Waals surface area contributed by atoms with E-state index in [0.717, 1.165) is 36.6 Å². The molecule has 0 bridgehead atoms. The van der Waals surface area contributed by atoms with Gasteiger partial charge in [0.25, 0.3) is 5.56 Å². The molecule has 0 aromatic carbocycles. The van der Waals surface area contributed by atoms with E-state index in [2.05, 4.69) is 26.9 Å². The van der Waals surface area contributed by atoms with Crippen LogP contribution >= 0.6 is 0 Å². The van der Waals surface area contributed by atoms with Crippen LogP contribution < -0.4 is 16.2 Å². The van der Waals surface area contributed by atoms with Gasteiger partial charge in [-0.2, -0.15) is 4.98 Å². The van der Waals surface area contributed by atoms with Crippen LogP contribution in [0.25, 0.3) is 11.0 Å². The number of nitrogens with one attached hydrogen (secondary N) is 2. The molecule has 1 saturated carbocycles. The highest BCUT2D eigenvalue weighted by Crippen LogP contribution is 2.31. The Morgan fingerprint density at radius 3 is 2.54 bits per heavy atom. The highest BCUT2D eigenvalue weighted by atomic mass is 16.5. The molecule has 0 unspecified atom stereocenters. The topological polar surface area (TPSA) is 136 Å². The number of ether oxygens (including phenoxy) is 1. The van der Waals surface area contributed by atoms with Crippen molar-refractivity contribution in [3.05, 3.63) is 40.3 Å². The molecule has 2 aliphatic rings. The number of nitrogens with zero attached hydrogens (tertiary/aromatic N) is 4. The number of anilines is 1. The summed E-state index contributed by atoms with van der Waals surface area (Å²) >= 11 is 0. The fourth-order valence-electron chi connectivity index (χ4n) is 5.03. The summed E-state index contributed by atoms with van der Waals surface area (Å²) in [5.74, 6) is -0.829. The quantitative estimate of drug-likeness (QED) is 0.406. The van der Waals surface area contributed by atoms with E-state index in [9.17, 15) is 19.2 Å². The van der Waals surface area contributed by atoms with Crippen molar-refractivity contribution in [1.29, 1.82) is 0 Å². The summed E-state index contributed by atoms with van der Waals surface area (Å²) in [5.41, 5.74) is 1.57. The van der Waals surface area contributed by atoms with Gasteiger partial charge in [-0.15, -0.1) is 0 Å². The van der Waals surface area contributed by atoms with Crippen LogP contribution in [-0.4, -0.2) is 70.0 Å². The molecule has 37 heavy (non-hydrogen) atoms. The van der Waals surface area contributed by atoms with Crippen LogP contribution in [0.2, 0.25) is 0 Å². The zero-order valence-corrected chi connectivity index (χ0v) is 21.4. The highest BCUT2D eigenvalue weighted by Gasteiger charge is 2.25. The molecule has 11 heteroatoms. The summed E-state index contributed by atoms with van der Waals surface area (Å²) in [6.07, 6.45) is 7.14. The Morgan fingerprint density at radius 1 is 1.16 bits per heavy atom. The molecule has 0 spiro atoms. The van der Waals surface area contributed by atoms with Gasteiger partial charge in [0.15, 0.2) is 0 Å². The van der Waals surface area contributed by atoms with Crippen molar-refractivity contribution >= 4 is 34.8 Å². The summed E-state index contributed by atoms with van der Waals surface area (Å²) in [6.45, 7) is 6.35. The summed E-state index contributed by atoms with van der Waals surface area (Å²) in [5, 5.41) is 6.77. The van der Waals surface area contributed by atoms with Crippen LogP contribution in [0.4, 0.5) is 5.95 Å². The second-order valence-electron chi connectivity index (χ2n) is 9.74. The van der Waals surface area contributed by atoms with Gasteiger partial charge in [0.1, 0.15) is 5.65 Å². The predicted octanol–water partition coefficient (Wildman–Crippen LogP) is 1.85. The normalized spacial score (nSPS) is 16.5. The van der Waals surface area contributed by atoms with Gasteiger partial charge >= 0.3 is 5.97 Å². The number of piperidine rings is 1. The second kappa shape index (κ2) is 11.5. The number of amides is 2. The lowest BCUT2D eigenvalue weighted by molar-refractivity contribution is -0.140. The predicted molar refractivity (Wildman–Crippen MR) is 138 cm³/mol. The molecule has 4 rings (SSSR count). The first-order valence-corrected chi connectivity index (χ1v) is 12.7. The lowest BCUT2D eigenvalue weighted by atomic mass is 10.1. The molecule has 2 aromatic rings. The number of rotatable bonds is 8. The third-order valence-electron chi connectivity index (χ3n) is 7.18. The third-order valence-corrected chi connectivity index (χ3v) is 7.18. The minimum Gasteiger partial charge on any atom is -0.469 e. The molecule has 2 amide bonds. The van der Waals surface area contributed by atoms with E-state index in [1.165, 1.54) is 7.11 Å². The number of hydrogen-bond donors (Lipinski definition) is 2. The summed E-state index contributed by atoms with van der Waals surface area (Å²) in [7, 11) is 1.23. The molecule has 1 aliphatic carbocycles. The molecular weight excluding hydrogens is 476 g/mol. The molecular formula is C26H34N6O5. The van der Waals surface area contributed by atoms with E-state index in [1.807, 2.05) is 11.5 Å².